The third-order valence-electron chi connectivity index (χ3n) is 7.36. The molecule has 0 atom stereocenters. The van der Waals surface area contributed by atoms with Crippen molar-refractivity contribution >= 4 is 22.8 Å². The normalized spacial score (nSPS) is 17.1. The summed E-state index contributed by atoms with van der Waals surface area (Å²) >= 11 is 0. The van der Waals surface area contributed by atoms with Crippen LogP contribution in [0, 0.1) is 0 Å². The van der Waals surface area contributed by atoms with Gasteiger partial charge < -0.3 is 20.7 Å². The molecule has 3 N–H and O–H groups in total. The number of piperidine rings is 1. The van der Waals surface area contributed by atoms with Crippen molar-refractivity contribution in [1.29, 1.82) is 0 Å². The van der Waals surface area contributed by atoms with Gasteiger partial charge in [0.1, 0.15) is 29.3 Å². The first-order valence-electron chi connectivity index (χ1n) is 13.2. The van der Waals surface area contributed by atoms with Crippen molar-refractivity contribution < 1.29 is 9.53 Å². The largest absolute Gasteiger partial charge is 0.457 e. The highest BCUT2D eigenvalue weighted by Gasteiger charge is 2.28. The summed E-state index contributed by atoms with van der Waals surface area (Å²) in [6.07, 6.45) is 3.12. The average Bonchev–Trinajstić information content (AvgIpc) is 3.36. The van der Waals surface area contributed by atoms with Crippen molar-refractivity contribution in [3.05, 3.63) is 60.9 Å². The number of carbonyl (C=O) groups excluding carboxylic acids is 1. The minimum atomic E-state index is 0.129. The number of rotatable bonds is 6. The zero-order chi connectivity index (χ0) is 25.9. The predicted octanol–water partition coefficient (Wildman–Crippen LogP) is 2.94. The van der Waals surface area contributed by atoms with Crippen molar-refractivity contribution in [3.8, 4) is 22.8 Å². The maximum absolute atomic E-state index is 12.9. The average molecular weight is 513 g/mol. The van der Waals surface area contributed by atoms with Crippen molar-refractivity contribution in [2.45, 2.75) is 18.9 Å². The third-order valence-corrected chi connectivity index (χ3v) is 7.36. The van der Waals surface area contributed by atoms with Crippen LogP contribution in [0.5, 0.6) is 11.5 Å². The predicted molar refractivity (Wildman–Crippen MR) is 146 cm³/mol. The highest BCUT2D eigenvalue weighted by molar-refractivity contribution is 5.98. The molecule has 2 aromatic heterocycles. The van der Waals surface area contributed by atoms with Crippen molar-refractivity contribution in [2.24, 2.45) is 0 Å². The Hall–Kier alpha value is -4.02. The molecule has 2 saturated heterocycles. The molecular weight excluding hydrogens is 480 g/mol. The summed E-state index contributed by atoms with van der Waals surface area (Å²) in [5, 5.41) is 9.08. The first-order valence-corrected chi connectivity index (χ1v) is 13.2. The van der Waals surface area contributed by atoms with Crippen LogP contribution < -0.4 is 15.8 Å². The zero-order valence-corrected chi connectivity index (χ0v) is 21.3. The Bertz CT molecular complexity index is 1390. The summed E-state index contributed by atoms with van der Waals surface area (Å²) in [7, 11) is 0. The van der Waals surface area contributed by atoms with E-state index in [2.05, 4.69) is 20.2 Å². The van der Waals surface area contributed by atoms with E-state index in [9.17, 15) is 4.79 Å². The molecule has 10 heteroatoms. The molecule has 2 aromatic carbocycles. The maximum Gasteiger partial charge on any atom is 0.236 e. The number of hydrogen-bond acceptors (Lipinski definition) is 8. The van der Waals surface area contributed by atoms with E-state index in [4.69, 9.17) is 15.6 Å². The van der Waals surface area contributed by atoms with Gasteiger partial charge in [-0.25, -0.2) is 14.6 Å². The van der Waals surface area contributed by atoms with E-state index in [0.717, 1.165) is 72.8 Å². The standard InChI is InChI=1S/C28H32N8O2/c29-27-25-26(20-6-8-23(9-7-20)38-22-4-2-1-3-5-22)33-36(28(25)32-19-31-27)21-10-14-35(15-11-21)24(37)18-34-16-12-30-13-17-34/h1-9,19,21,30H,10-18H2,(H2,29,31,32). The van der Waals surface area contributed by atoms with Gasteiger partial charge >= 0.3 is 0 Å². The Labute approximate surface area is 221 Å². The molecular formula is C28H32N8O2. The molecule has 38 heavy (non-hydrogen) atoms. The molecule has 2 fully saturated rings. The fourth-order valence-corrected chi connectivity index (χ4v) is 5.28. The van der Waals surface area contributed by atoms with Gasteiger partial charge in [0.05, 0.1) is 18.0 Å². The fourth-order valence-electron chi connectivity index (χ4n) is 5.28. The molecule has 2 aliphatic rings. The zero-order valence-electron chi connectivity index (χ0n) is 21.3. The third kappa shape index (κ3) is 5.05. The van der Waals surface area contributed by atoms with Crippen LogP contribution in [0.2, 0.25) is 0 Å². The van der Waals surface area contributed by atoms with E-state index in [1.165, 1.54) is 6.33 Å². The molecule has 0 unspecified atom stereocenters. The lowest BCUT2D eigenvalue weighted by Crippen LogP contribution is -2.49. The van der Waals surface area contributed by atoms with Gasteiger partial charge in [0, 0.05) is 44.8 Å². The smallest absolute Gasteiger partial charge is 0.236 e. The number of aromatic nitrogens is 4. The minimum Gasteiger partial charge on any atom is -0.457 e. The van der Waals surface area contributed by atoms with Crippen molar-refractivity contribution in [2.75, 3.05) is 51.5 Å². The summed E-state index contributed by atoms with van der Waals surface area (Å²) in [5.74, 6) is 2.14. The summed E-state index contributed by atoms with van der Waals surface area (Å²) in [5.41, 5.74) is 8.72. The highest BCUT2D eigenvalue weighted by Crippen LogP contribution is 2.35. The summed E-state index contributed by atoms with van der Waals surface area (Å²) in [6.45, 7) is 5.64. The number of benzene rings is 2. The Morgan fingerprint density at radius 3 is 2.39 bits per heavy atom. The molecule has 196 valence electrons. The first-order chi connectivity index (χ1) is 18.7. The lowest BCUT2D eigenvalue weighted by molar-refractivity contribution is -0.133. The number of carbonyl (C=O) groups is 1. The number of nitrogens with zero attached hydrogens (tertiary/aromatic N) is 6. The van der Waals surface area contributed by atoms with Crippen LogP contribution in [0.1, 0.15) is 18.9 Å². The van der Waals surface area contributed by atoms with Gasteiger partial charge in [-0.1, -0.05) is 18.2 Å². The number of piperazine rings is 1. The molecule has 0 bridgehead atoms. The van der Waals surface area contributed by atoms with Crippen molar-refractivity contribution in [3.63, 3.8) is 0 Å². The monoisotopic (exact) mass is 512 g/mol. The number of likely N-dealkylation sites (tertiary alicyclic amines) is 1. The van der Waals surface area contributed by atoms with Crippen LogP contribution in [0.15, 0.2) is 60.9 Å². The Balaban J connectivity index is 1.20. The molecule has 4 aromatic rings. The number of fused-ring (bicyclic) bond motifs is 1. The van der Waals surface area contributed by atoms with Crippen LogP contribution in [0.4, 0.5) is 5.82 Å². The van der Waals surface area contributed by atoms with Gasteiger partial charge in [-0.15, -0.1) is 0 Å². The molecule has 2 aliphatic heterocycles. The topological polar surface area (TPSA) is 114 Å². The Morgan fingerprint density at radius 1 is 0.947 bits per heavy atom. The number of anilines is 1. The SMILES string of the molecule is Nc1ncnc2c1c(-c1ccc(Oc3ccccc3)cc1)nn2C1CCN(C(=O)CN2CCNCC2)CC1. The number of hydrogen-bond donors (Lipinski definition) is 2. The summed E-state index contributed by atoms with van der Waals surface area (Å²) in [6, 6.07) is 17.6. The van der Waals surface area contributed by atoms with Gasteiger partial charge in [0.2, 0.25) is 5.91 Å². The molecule has 6 rings (SSSR count). The van der Waals surface area contributed by atoms with Gasteiger partial charge in [-0.3, -0.25) is 9.69 Å². The van der Waals surface area contributed by atoms with E-state index in [0.29, 0.717) is 25.5 Å². The van der Waals surface area contributed by atoms with E-state index >= 15 is 0 Å². The second-order valence-corrected chi connectivity index (χ2v) is 9.83. The molecule has 10 nitrogen and oxygen atoms in total. The highest BCUT2D eigenvalue weighted by atomic mass is 16.5. The van der Waals surface area contributed by atoms with Crippen LogP contribution in [0.25, 0.3) is 22.3 Å². The number of para-hydroxylation sites is 1. The number of amides is 1. The number of nitrogen functional groups attached to an aromatic ring is 1. The molecule has 1 amide bonds. The van der Waals surface area contributed by atoms with Crippen LogP contribution in [-0.2, 0) is 4.79 Å². The maximum atomic E-state index is 12.9. The summed E-state index contributed by atoms with van der Waals surface area (Å²) < 4.78 is 7.93. The van der Waals surface area contributed by atoms with Gasteiger partial charge in [-0.05, 0) is 49.2 Å². The molecule has 0 spiro atoms. The van der Waals surface area contributed by atoms with Gasteiger partial charge in [0.15, 0.2) is 5.65 Å². The van der Waals surface area contributed by atoms with E-state index in [1.807, 2.05) is 64.2 Å². The van der Waals surface area contributed by atoms with Gasteiger partial charge in [0.25, 0.3) is 0 Å². The molecule has 0 radical (unpaired) electrons. The van der Waals surface area contributed by atoms with E-state index in [-0.39, 0.29) is 11.9 Å². The Morgan fingerprint density at radius 2 is 1.66 bits per heavy atom. The number of nitrogens with two attached hydrogens (primary N) is 1. The van der Waals surface area contributed by atoms with E-state index < -0.39 is 0 Å². The van der Waals surface area contributed by atoms with Crippen LogP contribution in [0.3, 0.4) is 0 Å². The Kier molecular flexibility index (Phi) is 6.89. The first kappa shape index (κ1) is 24.3. The lowest BCUT2D eigenvalue weighted by Gasteiger charge is -2.34. The van der Waals surface area contributed by atoms with E-state index in [1.54, 1.807) is 0 Å². The molecule has 0 saturated carbocycles. The fraction of sp³-hybridized carbons (Fsp3) is 0.357. The second kappa shape index (κ2) is 10.8. The molecule has 4 heterocycles. The molecule has 0 aliphatic carbocycles. The lowest BCUT2D eigenvalue weighted by atomic mass is 10.0. The minimum absolute atomic E-state index is 0.129. The summed E-state index contributed by atoms with van der Waals surface area (Å²) in [4.78, 5) is 25.9. The van der Waals surface area contributed by atoms with Crippen molar-refractivity contribution in [1.82, 2.24) is 34.9 Å². The van der Waals surface area contributed by atoms with Crippen LogP contribution in [-0.4, -0.2) is 81.3 Å². The number of nitrogens with one attached hydrogen (secondary N) is 1. The van der Waals surface area contributed by atoms with Gasteiger partial charge in [-0.2, -0.15) is 5.10 Å². The van der Waals surface area contributed by atoms with Crippen LogP contribution >= 0.6 is 0 Å². The second-order valence-electron chi connectivity index (χ2n) is 9.83. The number of ether oxygens (including phenoxy) is 1. The quantitative estimate of drug-likeness (QED) is 0.405.